The Balaban J connectivity index is 2.40. The molecule has 1 N–H and O–H groups in total. The topological polar surface area (TPSA) is 67.6 Å². The lowest BCUT2D eigenvalue weighted by Crippen LogP contribution is -2.49. The number of ether oxygens (including phenoxy) is 1. The first kappa shape index (κ1) is 12.6. The van der Waals surface area contributed by atoms with Gasteiger partial charge in [-0.05, 0) is 19.1 Å². The standard InChI is InChI=1S/C12H17N3O3/c1-9-8-14(7-6-13-9)10-4-3-5-11(18-2)12(10)15(16)17/h3-5,9,13H,6-8H2,1-2H3/t9-/m1/s1. The Morgan fingerprint density at radius 1 is 1.56 bits per heavy atom. The molecule has 0 aromatic heterocycles. The van der Waals surface area contributed by atoms with Gasteiger partial charge in [0.15, 0.2) is 5.75 Å². The quantitative estimate of drug-likeness (QED) is 0.649. The summed E-state index contributed by atoms with van der Waals surface area (Å²) in [4.78, 5) is 12.9. The maximum Gasteiger partial charge on any atom is 0.333 e. The van der Waals surface area contributed by atoms with Gasteiger partial charge in [-0.25, -0.2) is 0 Å². The van der Waals surface area contributed by atoms with Gasteiger partial charge in [0.2, 0.25) is 0 Å². The molecular formula is C12H17N3O3. The number of hydrogen-bond acceptors (Lipinski definition) is 5. The second-order valence-electron chi connectivity index (χ2n) is 4.39. The Morgan fingerprint density at radius 2 is 2.33 bits per heavy atom. The Labute approximate surface area is 106 Å². The molecule has 0 aliphatic carbocycles. The Bertz CT molecular complexity index is 450. The second kappa shape index (κ2) is 5.22. The first-order chi connectivity index (χ1) is 8.63. The van der Waals surface area contributed by atoms with Gasteiger partial charge in [-0.15, -0.1) is 0 Å². The summed E-state index contributed by atoms with van der Waals surface area (Å²) in [6.45, 7) is 4.42. The summed E-state index contributed by atoms with van der Waals surface area (Å²) >= 11 is 0. The smallest absolute Gasteiger partial charge is 0.333 e. The lowest BCUT2D eigenvalue weighted by molar-refractivity contribution is -0.385. The molecule has 1 aliphatic rings. The van der Waals surface area contributed by atoms with Crippen LogP contribution in [-0.4, -0.2) is 37.7 Å². The van der Waals surface area contributed by atoms with Crippen LogP contribution in [0, 0.1) is 10.1 Å². The molecule has 6 heteroatoms. The molecule has 0 saturated carbocycles. The van der Waals surface area contributed by atoms with Crippen LogP contribution in [0.5, 0.6) is 5.75 Å². The first-order valence-electron chi connectivity index (χ1n) is 5.93. The van der Waals surface area contributed by atoms with Gasteiger partial charge >= 0.3 is 5.69 Å². The molecule has 1 aromatic carbocycles. The molecule has 0 radical (unpaired) electrons. The van der Waals surface area contributed by atoms with E-state index in [-0.39, 0.29) is 10.6 Å². The molecule has 0 unspecified atom stereocenters. The fraction of sp³-hybridized carbons (Fsp3) is 0.500. The highest BCUT2D eigenvalue weighted by molar-refractivity contribution is 5.70. The van der Waals surface area contributed by atoms with Crippen molar-refractivity contribution >= 4 is 11.4 Å². The molecule has 2 rings (SSSR count). The zero-order valence-electron chi connectivity index (χ0n) is 10.5. The highest BCUT2D eigenvalue weighted by atomic mass is 16.6. The maximum atomic E-state index is 11.2. The normalized spacial score (nSPS) is 19.7. The zero-order valence-corrected chi connectivity index (χ0v) is 10.5. The molecule has 1 aliphatic heterocycles. The average Bonchev–Trinajstić information content (AvgIpc) is 2.37. The number of hydrogen-bond donors (Lipinski definition) is 1. The van der Waals surface area contributed by atoms with Gasteiger partial charge in [-0.2, -0.15) is 0 Å². The van der Waals surface area contributed by atoms with Crippen LogP contribution in [-0.2, 0) is 0 Å². The van der Waals surface area contributed by atoms with E-state index in [0.717, 1.165) is 19.6 Å². The van der Waals surface area contributed by atoms with Gasteiger partial charge in [-0.1, -0.05) is 6.07 Å². The molecule has 0 amide bonds. The molecule has 1 atom stereocenters. The molecule has 18 heavy (non-hydrogen) atoms. The summed E-state index contributed by atoms with van der Waals surface area (Å²) < 4.78 is 5.08. The molecule has 1 aromatic rings. The fourth-order valence-electron chi connectivity index (χ4n) is 2.27. The van der Waals surface area contributed by atoms with E-state index < -0.39 is 0 Å². The number of piperazine rings is 1. The molecule has 98 valence electrons. The summed E-state index contributed by atoms with van der Waals surface area (Å²) in [7, 11) is 1.45. The van der Waals surface area contributed by atoms with Gasteiger partial charge in [0.25, 0.3) is 0 Å². The minimum atomic E-state index is -0.374. The van der Waals surface area contributed by atoms with Crippen molar-refractivity contribution in [3.63, 3.8) is 0 Å². The molecule has 0 bridgehead atoms. The van der Waals surface area contributed by atoms with E-state index in [9.17, 15) is 10.1 Å². The number of methoxy groups -OCH3 is 1. The van der Waals surface area contributed by atoms with E-state index in [1.54, 1.807) is 18.2 Å². The van der Waals surface area contributed by atoms with E-state index in [4.69, 9.17) is 4.74 Å². The highest BCUT2D eigenvalue weighted by Crippen LogP contribution is 2.37. The molecule has 0 spiro atoms. The van der Waals surface area contributed by atoms with Crippen LogP contribution in [0.15, 0.2) is 18.2 Å². The second-order valence-corrected chi connectivity index (χ2v) is 4.39. The van der Waals surface area contributed by atoms with Gasteiger partial charge < -0.3 is 15.0 Å². The van der Waals surface area contributed by atoms with Gasteiger partial charge in [0, 0.05) is 25.7 Å². The summed E-state index contributed by atoms with van der Waals surface area (Å²) in [6.07, 6.45) is 0. The number of rotatable bonds is 3. The molecule has 1 fully saturated rings. The third-order valence-corrected chi connectivity index (χ3v) is 3.09. The van der Waals surface area contributed by atoms with Crippen molar-refractivity contribution in [2.45, 2.75) is 13.0 Å². The van der Waals surface area contributed by atoms with Crippen LogP contribution in [0.25, 0.3) is 0 Å². The third-order valence-electron chi connectivity index (χ3n) is 3.09. The third kappa shape index (κ3) is 2.38. The van der Waals surface area contributed by atoms with Crippen LogP contribution in [0.3, 0.4) is 0 Å². The average molecular weight is 251 g/mol. The molecule has 1 heterocycles. The number of anilines is 1. The molecular weight excluding hydrogens is 234 g/mol. The van der Waals surface area contributed by atoms with Crippen molar-refractivity contribution in [3.05, 3.63) is 28.3 Å². The largest absolute Gasteiger partial charge is 0.490 e. The van der Waals surface area contributed by atoms with E-state index in [2.05, 4.69) is 12.2 Å². The number of nitro benzene ring substituents is 1. The zero-order chi connectivity index (χ0) is 13.1. The van der Waals surface area contributed by atoms with E-state index in [1.807, 2.05) is 4.90 Å². The Kier molecular flexibility index (Phi) is 3.66. The summed E-state index contributed by atoms with van der Waals surface area (Å²) in [6, 6.07) is 5.50. The van der Waals surface area contributed by atoms with Crippen LogP contribution in [0.4, 0.5) is 11.4 Å². The van der Waals surface area contributed by atoms with Crippen LogP contribution in [0.2, 0.25) is 0 Å². The SMILES string of the molecule is COc1cccc(N2CCN[C@H](C)C2)c1[N+](=O)[O-]. The highest BCUT2D eigenvalue weighted by Gasteiger charge is 2.26. The van der Waals surface area contributed by atoms with Crippen LogP contribution < -0.4 is 15.0 Å². The first-order valence-corrected chi connectivity index (χ1v) is 5.93. The van der Waals surface area contributed by atoms with Crippen molar-refractivity contribution < 1.29 is 9.66 Å². The maximum absolute atomic E-state index is 11.2. The number of nitrogens with zero attached hydrogens (tertiary/aromatic N) is 2. The van der Waals surface area contributed by atoms with Gasteiger partial charge in [0.05, 0.1) is 12.0 Å². The number of nitro groups is 1. The summed E-state index contributed by atoms with van der Waals surface area (Å²) in [5.74, 6) is 0.309. The fourth-order valence-corrected chi connectivity index (χ4v) is 2.27. The Hall–Kier alpha value is -1.82. The Morgan fingerprint density at radius 3 is 2.94 bits per heavy atom. The van der Waals surface area contributed by atoms with Crippen molar-refractivity contribution in [2.24, 2.45) is 0 Å². The summed E-state index contributed by atoms with van der Waals surface area (Å²) in [5, 5.41) is 14.5. The van der Waals surface area contributed by atoms with Gasteiger partial charge in [0.1, 0.15) is 5.69 Å². The summed E-state index contributed by atoms with van der Waals surface area (Å²) in [5.41, 5.74) is 0.682. The van der Waals surface area contributed by atoms with E-state index >= 15 is 0 Å². The lowest BCUT2D eigenvalue weighted by atomic mass is 10.1. The predicted molar refractivity (Wildman–Crippen MR) is 69.3 cm³/mol. The predicted octanol–water partition coefficient (Wildman–Crippen LogP) is 1.40. The van der Waals surface area contributed by atoms with Crippen molar-refractivity contribution in [3.8, 4) is 5.75 Å². The minimum absolute atomic E-state index is 0.0501. The van der Waals surface area contributed by atoms with Crippen LogP contribution >= 0.6 is 0 Å². The minimum Gasteiger partial charge on any atom is -0.490 e. The van der Waals surface area contributed by atoms with E-state index in [1.165, 1.54) is 7.11 Å². The molecule has 1 saturated heterocycles. The number of nitrogens with one attached hydrogen (secondary N) is 1. The van der Waals surface area contributed by atoms with Gasteiger partial charge in [-0.3, -0.25) is 10.1 Å². The lowest BCUT2D eigenvalue weighted by Gasteiger charge is -2.33. The molecule has 6 nitrogen and oxygen atoms in total. The number of para-hydroxylation sites is 1. The van der Waals surface area contributed by atoms with Crippen molar-refractivity contribution in [1.29, 1.82) is 0 Å². The van der Waals surface area contributed by atoms with Crippen molar-refractivity contribution in [1.82, 2.24) is 5.32 Å². The van der Waals surface area contributed by atoms with E-state index in [0.29, 0.717) is 17.5 Å². The van der Waals surface area contributed by atoms with Crippen molar-refractivity contribution in [2.75, 3.05) is 31.6 Å². The monoisotopic (exact) mass is 251 g/mol. The number of benzene rings is 1. The van der Waals surface area contributed by atoms with Crippen LogP contribution in [0.1, 0.15) is 6.92 Å².